The zero-order valence-corrected chi connectivity index (χ0v) is 15.3. The number of aliphatic hydroxyl groups excluding tert-OH is 1. The summed E-state index contributed by atoms with van der Waals surface area (Å²) in [5, 5.41) is 9.67. The van der Waals surface area contributed by atoms with Gasteiger partial charge >= 0.3 is 6.36 Å². The number of sulfonamides is 1. The van der Waals surface area contributed by atoms with Gasteiger partial charge in [-0.05, 0) is 49.1 Å². The predicted molar refractivity (Wildman–Crippen MR) is 93.8 cm³/mol. The van der Waals surface area contributed by atoms with E-state index in [4.69, 9.17) is 0 Å². The van der Waals surface area contributed by atoms with E-state index in [9.17, 15) is 26.7 Å². The average Bonchev–Trinajstić information content (AvgIpc) is 2.58. The van der Waals surface area contributed by atoms with Crippen LogP contribution >= 0.6 is 0 Å². The Morgan fingerprint density at radius 2 is 1.67 bits per heavy atom. The summed E-state index contributed by atoms with van der Waals surface area (Å²) in [6.07, 6.45) is -5.12. The first-order chi connectivity index (χ1) is 12.6. The molecule has 0 aliphatic rings. The highest BCUT2D eigenvalue weighted by atomic mass is 32.2. The topological polar surface area (TPSA) is 75.6 Å². The number of hydrogen-bond donors (Lipinski definition) is 2. The average molecular weight is 403 g/mol. The predicted octanol–water partition coefficient (Wildman–Crippen LogP) is 3.42. The second-order valence-corrected chi connectivity index (χ2v) is 7.83. The molecule has 0 bridgehead atoms. The Morgan fingerprint density at radius 3 is 2.19 bits per heavy atom. The summed E-state index contributed by atoms with van der Waals surface area (Å²) in [4.78, 5) is -0.180. The van der Waals surface area contributed by atoms with Crippen LogP contribution in [0.5, 0.6) is 5.75 Å². The van der Waals surface area contributed by atoms with Gasteiger partial charge in [0.25, 0.3) is 0 Å². The first kappa shape index (κ1) is 21.2. The number of hydrogen-bond acceptors (Lipinski definition) is 4. The minimum atomic E-state index is -4.84. The fourth-order valence-electron chi connectivity index (χ4n) is 2.59. The van der Waals surface area contributed by atoms with Crippen molar-refractivity contribution in [2.24, 2.45) is 0 Å². The van der Waals surface area contributed by atoms with E-state index in [0.29, 0.717) is 6.42 Å². The van der Waals surface area contributed by atoms with Gasteiger partial charge in [0.1, 0.15) is 5.75 Å². The molecule has 9 heteroatoms. The number of halogens is 3. The maximum Gasteiger partial charge on any atom is 0.573 e. The molecule has 0 unspecified atom stereocenters. The highest BCUT2D eigenvalue weighted by molar-refractivity contribution is 7.89. The van der Waals surface area contributed by atoms with Gasteiger partial charge in [0.05, 0.1) is 11.0 Å². The minimum Gasteiger partial charge on any atom is -0.406 e. The van der Waals surface area contributed by atoms with Gasteiger partial charge in [-0.3, -0.25) is 0 Å². The van der Waals surface area contributed by atoms with Crippen LogP contribution < -0.4 is 9.46 Å². The molecule has 0 saturated heterocycles. The fraction of sp³-hybridized carbons (Fsp3) is 0.333. The van der Waals surface area contributed by atoms with Crippen LogP contribution in [0.2, 0.25) is 0 Å². The third-order valence-corrected chi connectivity index (χ3v) is 5.22. The molecule has 0 radical (unpaired) electrons. The quantitative estimate of drug-likeness (QED) is 0.708. The number of benzene rings is 2. The molecule has 0 heterocycles. The molecule has 0 saturated carbocycles. The molecule has 0 aliphatic carbocycles. The van der Waals surface area contributed by atoms with E-state index in [1.54, 1.807) is 6.92 Å². The van der Waals surface area contributed by atoms with Gasteiger partial charge in [-0.25, -0.2) is 13.1 Å². The summed E-state index contributed by atoms with van der Waals surface area (Å²) in [5.41, 5.74) is 0.870. The zero-order chi connectivity index (χ0) is 20.1. The van der Waals surface area contributed by atoms with Crippen LogP contribution in [0.4, 0.5) is 13.2 Å². The molecule has 2 aromatic rings. The van der Waals surface area contributed by atoms with Crippen molar-refractivity contribution in [3.05, 3.63) is 60.2 Å². The zero-order valence-electron chi connectivity index (χ0n) is 14.5. The van der Waals surface area contributed by atoms with Crippen molar-refractivity contribution < 1.29 is 31.4 Å². The second kappa shape index (κ2) is 8.73. The summed E-state index contributed by atoms with van der Waals surface area (Å²) >= 11 is 0. The van der Waals surface area contributed by atoms with E-state index in [1.165, 1.54) is 0 Å². The molecule has 27 heavy (non-hydrogen) atoms. The van der Waals surface area contributed by atoms with E-state index in [1.807, 2.05) is 30.3 Å². The van der Waals surface area contributed by atoms with Crippen molar-refractivity contribution in [2.45, 2.75) is 36.6 Å². The molecule has 0 amide bonds. The van der Waals surface area contributed by atoms with E-state index < -0.39 is 28.2 Å². The Kier molecular flexibility index (Phi) is 6.85. The van der Waals surface area contributed by atoms with Crippen molar-refractivity contribution in [3.8, 4) is 5.75 Å². The van der Waals surface area contributed by atoms with Crippen molar-refractivity contribution >= 4 is 10.0 Å². The van der Waals surface area contributed by atoms with Gasteiger partial charge in [-0.2, -0.15) is 0 Å². The van der Waals surface area contributed by atoms with Crippen LogP contribution in [-0.2, 0) is 10.0 Å². The van der Waals surface area contributed by atoms with Crippen LogP contribution in [0.1, 0.15) is 24.8 Å². The lowest BCUT2D eigenvalue weighted by atomic mass is 9.94. The molecule has 148 valence electrons. The molecule has 2 rings (SSSR count). The van der Waals surface area contributed by atoms with E-state index >= 15 is 0 Å². The van der Waals surface area contributed by atoms with Gasteiger partial charge < -0.3 is 9.84 Å². The fourth-order valence-corrected chi connectivity index (χ4v) is 3.67. The van der Waals surface area contributed by atoms with Crippen LogP contribution in [0.25, 0.3) is 0 Å². The van der Waals surface area contributed by atoms with Crippen molar-refractivity contribution in [2.75, 3.05) is 6.54 Å². The lowest BCUT2D eigenvalue weighted by Crippen LogP contribution is -2.30. The summed E-state index contributed by atoms with van der Waals surface area (Å²) in [7, 11) is -3.93. The third-order valence-electron chi connectivity index (χ3n) is 3.78. The minimum absolute atomic E-state index is 0.0397. The lowest BCUT2D eigenvalue weighted by molar-refractivity contribution is -0.274. The van der Waals surface area contributed by atoms with Crippen molar-refractivity contribution in [1.82, 2.24) is 4.72 Å². The van der Waals surface area contributed by atoms with Gasteiger partial charge in [-0.1, -0.05) is 30.3 Å². The Balaban J connectivity index is 2.10. The van der Waals surface area contributed by atoms with Gasteiger partial charge in [0, 0.05) is 6.54 Å². The molecule has 0 aromatic heterocycles. The van der Waals surface area contributed by atoms with Gasteiger partial charge in [-0.15, -0.1) is 13.2 Å². The van der Waals surface area contributed by atoms with Crippen molar-refractivity contribution in [3.63, 3.8) is 0 Å². The van der Waals surface area contributed by atoms with Crippen LogP contribution in [-0.4, -0.2) is 32.5 Å². The molecular weight excluding hydrogens is 383 g/mol. The number of nitrogens with one attached hydrogen (secondary N) is 1. The molecule has 0 aliphatic heterocycles. The molecule has 2 atom stereocenters. The van der Waals surface area contributed by atoms with Crippen molar-refractivity contribution in [1.29, 1.82) is 0 Å². The van der Waals surface area contributed by atoms with E-state index in [2.05, 4.69) is 9.46 Å². The first-order valence-corrected chi connectivity index (χ1v) is 9.63. The summed E-state index contributed by atoms with van der Waals surface area (Å²) in [6, 6.07) is 13.1. The number of rotatable bonds is 8. The molecule has 5 nitrogen and oxygen atoms in total. The smallest absolute Gasteiger partial charge is 0.406 e. The molecule has 2 aromatic carbocycles. The Bertz CT molecular complexity index is 822. The normalized spacial score (nSPS) is 14.6. The second-order valence-electron chi connectivity index (χ2n) is 6.06. The summed E-state index contributed by atoms with van der Waals surface area (Å²) < 4.78 is 67.5. The summed E-state index contributed by atoms with van der Waals surface area (Å²) in [6.45, 7) is 1.65. The van der Waals surface area contributed by atoms with E-state index in [0.717, 1.165) is 29.8 Å². The molecule has 0 spiro atoms. The maximum absolute atomic E-state index is 12.4. The van der Waals surface area contributed by atoms with Crippen LogP contribution in [0.15, 0.2) is 59.5 Å². The van der Waals surface area contributed by atoms with Gasteiger partial charge in [0.15, 0.2) is 0 Å². The number of ether oxygens (including phenoxy) is 1. The van der Waals surface area contributed by atoms with E-state index in [-0.39, 0.29) is 17.4 Å². The monoisotopic (exact) mass is 403 g/mol. The molecule has 0 fully saturated rings. The first-order valence-electron chi connectivity index (χ1n) is 8.15. The molecular formula is C18H20F3NO4S. The standard InChI is InChI=1S/C18H20F3NO4S/c1-13(23)11-15(14-5-3-2-4-6-14)12-22-27(24,25)17-9-7-16(8-10-17)26-18(19,20)21/h2-10,13,15,22-23H,11-12H2,1H3/t13-,15+/m1/s1. The summed E-state index contributed by atoms with van der Waals surface area (Å²) in [5.74, 6) is -0.758. The Hall–Kier alpha value is -2.10. The number of alkyl halides is 3. The maximum atomic E-state index is 12.4. The Morgan fingerprint density at radius 1 is 1.07 bits per heavy atom. The van der Waals surface area contributed by atoms with Crippen LogP contribution in [0, 0.1) is 0 Å². The highest BCUT2D eigenvalue weighted by Gasteiger charge is 2.31. The number of aliphatic hydroxyl groups is 1. The van der Waals surface area contributed by atoms with Crippen LogP contribution in [0.3, 0.4) is 0 Å². The largest absolute Gasteiger partial charge is 0.573 e. The third kappa shape index (κ3) is 6.85. The highest BCUT2D eigenvalue weighted by Crippen LogP contribution is 2.25. The molecule has 2 N–H and O–H groups in total. The SMILES string of the molecule is C[C@@H](O)C[C@@H](CNS(=O)(=O)c1ccc(OC(F)(F)F)cc1)c1ccccc1. The lowest BCUT2D eigenvalue weighted by Gasteiger charge is -2.20. The Labute approximate surface area is 155 Å². The van der Waals surface area contributed by atoms with Gasteiger partial charge in [0.2, 0.25) is 10.0 Å².